The van der Waals surface area contributed by atoms with E-state index in [9.17, 15) is 19.2 Å². The maximum atomic E-state index is 12.7. The fourth-order valence-corrected chi connectivity index (χ4v) is 3.99. The van der Waals surface area contributed by atoms with Crippen molar-refractivity contribution in [2.45, 2.75) is 6.54 Å². The van der Waals surface area contributed by atoms with E-state index in [2.05, 4.69) is 10.4 Å². The van der Waals surface area contributed by atoms with E-state index in [-0.39, 0.29) is 49.2 Å². The van der Waals surface area contributed by atoms with Gasteiger partial charge in [0.05, 0.1) is 18.1 Å². The standard InChI is InChI=1S/C21H20N4O7S/c1-30-9-8-25-18(26)5-3-14(23-25)19(27)22-6-7-24-20(28)17(33-21(24)29)11-13-2-4-15-16(10-13)32-12-31-15/h2-5,10-11H,6-9,12H2,1H3,(H,22,27)/b17-11-. The van der Waals surface area contributed by atoms with Crippen LogP contribution in [-0.2, 0) is 16.1 Å². The van der Waals surface area contributed by atoms with Crippen molar-refractivity contribution in [2.75, 3.05) is 33.6 Å². The van der Waals surface area contributed by atoms with E-state index in [1.54, 1.807) is 24.3 Å². The average molecular weight is 472 g/mol. The number of imide groups is 1. The highest BCUT2D eigenvalue weighted by molar-refractivity contribution is 8.18. The normalized spacial score (nSPS) is 16.0. The van der Waals surface area contributed by atoms with Gasteiger partial charge in [0.15, 0.2) is 11.5 Å². The summed E-state index contributed by atoms with van der Waals surface area (Å²) >= 11 is 0.828. The van der Waals surface area contributed by atoms with Crippen LogP contribution >= 0.6 is 11.8 Å². The molecule has 0 bridgehead atoms. The van der Waals surface area contributed by atoms with Crippen LogP contribution in [0.2, 0.25) is 0 Å². The second kappa shape index (κ2) is 9.88. The number of hydrogen-bond donors (Lipinski definition) is 1. The van der Waals surface area contributed by atoms with E-state index in [1.807, 2.05) is 0 Å². The van der Waals surface area contributed by atoms with Gasteiger partial charge in [-0.05, 0) is 41.6 Å². The molecule has 0 radical (unpaired) electrons. The van der Waals surface area contributed by atoms with Crippen LogP contribution in [0.4, 0.5) is 4.79 Å². The van der Waals surface area contributed by atoms with E-state index in [4.69, 9.17) is 14.2 Å². The number of thioether (sulfide) groups is 1. The summed E-state index contributed by atoms with van der Waals surface area (Å²) in [7, 11) is 1.50. The number of carbonyl (C=O) groups is 3. The SMILES string of the molecule is COCCn1nc(C(=O)NCCN2C(=O)S/C(=C\c3ccc4c(c3)OCO4)C2=O)ccc1=O. The van der Waals surface area contributed by atoms with Crippen molar-refractivity contribution in [3.8, 4) is 11.5 Å². The van der Waals surface area contributed by atoms with E-state index < -0.39 is 17.1 Å². The molecule has 33 heavy (non-hydrogen) atoms. The van der Waals surface area contributed by atoms with Gasteiger partial charge in [-0.15, -0.1) is 0 Å². The molecular formula is C21H20N4O7S. The molecule has 1 saturated heterocycles. The summed E-state index contributed by atoms with van der Waals surface area (Å²) in [4.78, 5) is 50.5. The smallest absolute Gasteiger partial charge is 0.293 e. The molecule has 172 valence electrons. The zero-order chi connectivity index (χ0) is 23.4. The van der Waals surface area contributed by atoms with Gasteiger partial charge in [-0.25, -0.2) is 4.68 Å². The summed E-state index contributed by atoms with van der Waals surface area (Å²) in [5.41, 5.74) is 0.394. The number of amides is 3. The van der Waals surface area contributed by atoms with Crippen molar-refractivity contribution in [3.05, 3.63) is 56.8 Å². The van der Waals surface area contributed by atoms with E-state index in [0.29, 0.717) is 17.1 Å². The van der Waals surface area contributed by atoms with Gasteiger partial charge in [0.1, 0.15) is 5.69 Å². The molecule has 1 fully saturated rings. The zero-order valence-electron chi connectivity index (χ0n) is 17.6. The molecule has 0 atom stereocenters. The predicted molar refractivity (Wildman–Crippen MR) is 118 cm³/mol. The Labute approximate surface area is 192 Å². The zero-order valence-corrected chi connectivity index (χ0v) is 18.4. The molecule has 0 unspecified atom stereocenters. The van der Waals surface area contributed by atoms with Gasteiger partial charge in [-0.2, -0.15) is 5.10 Å². The van der Waals surface area contributed by atoms with Gasteiger partial charge < -0.3 is 19.5 Å². The number of nitrogens with one attached hydrogen (secondary N) is 1. The topological polar surface area (TPSA) is 129 Å². The van der Waals surface area contributed by atoms with Crippen molar-refractivity contribution < 1.29 is 28.6 Å². The molecule has 3 amide bonds. The number of nitrogens with zero attached hydrogens (tertiary/aromatic N) is 3. The lowest BCUT2D eigenvalue weighted by molar-refractivity contribution is -0.122. The fourth-order valence-electron chi connectivity index (χ4n) is 3.13. The maximum absolute atomic E-state index is 12.7. The van der Waals surface area contributed by atoms with Crippen LogP contribution in [0.1, 0.15) is 16.1 Å². The highest BCUT2D eigenvalue weighted by Crippen LogP contribution is 2.36. The molecule has 11 nitrogen and oxygen atoms in total. The van der Waals surface area contributed by atoms with Crippen LogP contribution in [0.15, 0.2) is 40.0 Å². The molecule has 2 aliphatic rings. The van der Waals surface area contributed by atoms with Crippen LogP contribution < -0.4 is 20.3 Å². The van der Waals surface area contributed by atoms with Gasteiger partial charge in [-0.3, -0.25) is 24.1 Å². The number of hydrogen-bond acceptors (Lipinski definition) is 9. The third kappa shape index (κ3) is 5.07. The van der Waals surface area contributed by atoms with Gasteiger partial charge in [0.25, 0.3) is 22.6 Å². The third-order valence-electron chi connectivity index (χ3n) is 4.80. The van der Waals surface area contributed by atoms with Crippen LogP contribution in [-0.4, -0.2) is 65.3 Å². The summed E-state index contributed by atoms with van der Waals surface area (Å²) in [6.07, 6.45) is 1.61. The van der Waals surface area contributed by atoms with Crippen LogP contribution in [0.25, 0.3) is 6.08 Å². The third-order valence-corrected chi connectivity index (χ3v) is 5.70. The molecule has 2 aromatic rings. The molecule has 1 aromatic heterocycles. The molecule has 4 rings (SSSR count). The largest absolute Gasteiger partial charge is 0.454 e. The Balaban J connectivity index is 1.35. The molecule has 2 aliphatic heterocycles. The van der Waals surface area contributed by atoms with Crippen LogP contribution in [0.3, 0.4) is 0 Å². The molecule has 0 saturated carbocycles. The monoisotopic (exact) mass is 472 g/mol. The molecule has 1 aromatic carbocycles. The van der Waals surface area contributed by atoms with E-state index >= 15 is 0 Å². The number of carbonyl (C=O) groups excluding carboxylic acids is 3. The van der Waals surface area contributed by atoms with E-state index in [1.165, 1.54) is 19.2 Å². The highest BCUT2D eigenvalue weighted by Gasteiger charge is 2.34. The summed E-state index contributed by atoms with van der Waals surface area (Å²) in [6, 6.07) is 7.79. The first-order valence-electron chi connectivity index (χ1n) is 9.96. The Bertz CT molecular complexity index is 1190. The quantitative estimate of drug-likeness (QED) is 0.561. The van der Waals surface area contributed by atoms with E-state index in [0.717, 1.165) is 21.3 Å². The Morgan fingerprint density at radius 2 is 2.00 bits per heavy atom. The molecule has 0 spiro atoms. The first-order valence-corrected chi connectivity index (χ1v) is 10.8. The number of aromatic nitrogens is 2. The Morgan fingerprint density at radius 3 is 2.82 bits per heavy atom. The number of ether oxygens (including phenoxy) is 3. The predicted octanol–water partition coefficient (Wildman–Crippen LogP) is 1.08. The van der Waals surface area contributed by atoms with Crippen molar-refractivity contribution in [1.82, 2.24) is 20.0 Å². The Hall–Kier alpha value is -3.64. The minimum absolute atomic E-state index is 0.00179. The van der Waals surface area contributed by atoms with Gasteiger partial charge in [-0.1, -0.05) is 6.07 Å². The lowest BCUT2D eigenvalue weighted by atomic mass is 10.2. The first-order chi connectivity index (χ1) is 16.0. The first kappa shape index (κ1) is 22.6. The van der Waals surface area contributed by atoms with Gasteiger partial charge in [0, 0.05) is 26.3 Å². The Morgan fingerprint density at radius 1 is 1.18 bits per heavy atom. The highest BCUT2D eigenvalue weighted by atomic mass is 32.2. The minimum Gasteiger partial charge on any atom is -0.454 e. The lowest BCUT2D eigenvalue weighted by Crippen LogP contribution is -2.38. The van der Waals surface area contributed by atoms with Gasteiger partial charge >= 0.3 is 0 Å². The van der Waals surface area contributed by atoms with Crippen molar-refractivity contribution in [2.24, 2.45) is 0 Å². The fraction of sp³-hybridized carbons (Fsp3) is 0.286. The molecule has 1 N–H and O–H groups in total. The van der Waals surface area contributed by atoms with Crippen molar-refractivity contribution >= 4 is 34.9 Å². The summed E-state index contributed by atoms with van der Waals surface area (Å²) in [5, 5.41) is 6.19. The van der Waals surface area contributed by atoms with Crippen molar-refractivity contribution in [1.29, 1.82) is 0 Å². The molecule has 12 heteroatoms. The van der Waals surface area contributed by atoms with Crippen molar-refractivity contribution in [3.63, 3.8) is 0 Å². The number of rotatable bonds is 8. The number of methoxy groups -OCH3 is 1. The van der Waals surface area contributed by atoms with Crippen LogP contribution in [0.5, 0.6) is 11.5 Å². The van der Waals surface area contributed by atoms with Crippen LogP contribution in [0, 0.1) is 0 Å². The number of fused-ring (bicyclic) bond motifs is 1. The molecule has 3 heterocycles. The second-order valence-electron chi connectivity index (χ2n) is 6.97. The lowest BCUT2D eigenvalue weighted by Gasteiger charge is -2.13. The molecule has 0 aliphatic carbocycles. The second-order valence-corrected chi connectivity index (χ2v) is 7.97. The minimum atomic E-state index is -0.524. The summed E-state index contributed by atoms with van der Waals surface area (Å²) in [6.45, 7) is 0.663. The Kier molecular flexibility index (Phi) is 6.75. The van der Waals surface area contributed by atoms with Gasteiger partial charge in [0.2, 0.25) is 6.79 Å². The molecular weight excluding hydrogens is 452 g/mol. The number of benzene rings is 1. The summed E-state index contributed by atoms with van der Waals surface area (Å²) in [5.74, 6) is 0.236. The maximum Gasteiger partial charge on any atom is 0.293 e. The average Bonchev–Trinajstić information content (AvgIpc) is 3.37. The summed E-state index contributed by atoms with van der Waals surface area (Å²) < 4.78 is 16.6.